The van der Waals surface area contributed by atoms with E-state index in [1.165, 1.54) is 4.88 Å². The number of amides is 1. The van der Waals surface area contributed by atoms with Crippen LogP contribution in [0, 0.1) is 0 Å². The topological polar surface area (TPSA) is 88.2 Å². The van der Waals surface area contributed by atoms with Crippen molar-refractivity contribution in [3.05, 3.63) is 45.9 Å². The third-order valence-corrected chi connectivity index (χ3v) is 4.23. The molecule has 0 bridgehead atoms. The summed E-state index contributed by atoms with van der Waals surface area (Å²) >= 11 is 1.60. The zero-order valence-electron chi connectivity index (χ0n) is 11.9. The quantitative estimate of drug-likeness (QED) is 0.756. The van der Waals surface area contributed by atoms with E-state index in [0.29, 0.717) is 13.0 Å². The number of hydrogen-bond acceptors (Lipinski definition) is 5. The Labute approximate surface area is 127 Å². The first kappa shape index (κ1) is 15.5. The molecular formula is C15H19N3O2S. The number of hydrogen-bond donors (Lipinski definition) is 3. The van der Waals surface area contributed by atoms with E-state index in [4.69, 9.17) is 5.73 Å². The number of thiazole rings is 1. The molecule has 0 aliphatic carbocycles. The van der Waals surface area contributed by atoms with E-state index in [9.17, 15) is 9.90 Å². The van der Waals surface area contributed by atoms with Crippen LogP contribution < -0.4 is 11.1 Å². The van der Waals surface area contributed by atoms with Crippen molar-refractivity contribution in [3.8, 4) is 5.75 Å². The van der Waals surface area contributed by atoms with E-state index in [2.05, 4.69) is 17.2 Å². The van der Waals surface area contributed by atoms with Gasteiger partial charge in [0.15, 0.2) is 0 Å². The van der Waals surface area contributed by atoms with Gasteiger partial charge >= 0.3 is 0 Å². The molecule has 0 spiro atoms. The van der Waals surface area contributed by atoms with E-state index in [1.54, 1.807) is 35.6 Å². The van der Waals surface area contributed by atoms with E-state index in [1.807, 2.05) is 6.20 Å². The summed E-state index contributed by atoms with van der Waals surface area (Å²) in [4.78, 5) is 17.4. The van der Waals surface area contributed by atoms with Crippen molar-refractivity contribution in [2.75, 3.05) is 0 Å². The largest absolute Gasteiger partial charge is 0.508 e. The highest BCUT2D eigenvalue weighted by atomic mass is 32.1. The Bertz CT molecular complexity index is 595. The van der Waals surface area contributed by atoms with Gasteiger partial charge in [0.2, 0.25) is 5.91 Å². The number of aromatic hydroxyl groups is 1. The van der Waals surface area contributed by atoms with Crippen LogP contribution in [0.25, 0.3) is 0 Å². The summed E-state index contributed by atoms with van der Waals surface area (Å²) in [5, 5.41) is 12.9. The van der Waals surface area contributed by atoms with Crippen LogP contribution >= 0.6 is 11.3 Å². The lowest BCUT2D eigenvalue weighted by Crippen LogP contribution is -2.41. The third-order valence-electron chi connectivity index (χ3n) is 3.09. The molecule has 0 saturated carbocycles. The van der Waals surface area contributed by atoms with Crippen LogP contribution in [0.15, 0.2) is 30.5 Å². The lowest BCUT2D eigenvalue weighted by atomic mass is 10.1. The van der Waals surface area contributed by atoms with Gasteiger partial charge in [-0.15, -0.1) is 11.3 Å². The number of aromatic nitrogens is 1. The normalized spacial score (nSPS) is 12.1. The van der Waals surface area contributed by atoms with E-state index in [-0.39, 0.29) is 11.7 Å². The standard InChI is InChI=1S/C15H19N3O2S/c1-2-12-8-17-14(21-12)9-18-15(20)13(16)7-10-3-5-11(19)6-4-10/h3-6,8,13,19H,2,7,9,16H2,1H3,(H,18,20)/t13-/m0/s1. The Morgan fingerprint density at radius 1 is 1.43 bits per heavy atom. The van der Waals surface area contributed by atoms with Crippen molar-refractivity contribution in [2.24, 2.45) is 5.73 Å². The summed E-state index contributed by atoms with van der Waals surface area (Å²) in [5.41, 5.74) is 6.81. The Morgan fingerprint density at radius 2 is 2.14 bits per heavy atom. The van der Waals surface area contributed by atoms with Gasteiger partial charge in [-0.25, -0.2) is 4.98 Å². The number of phenols is 1. The molecule has 1 amide bonds. The van der Waals surface area contributed by atoms with Gasteiger partial charge in [-0.2, -0.15) is 0 Å². The minimum Gasteiger partial charge on any atom is -0.508 e. The van der Waals surface area contributed by atoms with Crippen LogP contribution in [0.4, 0.5) is 0 Å². The molecule has 1 heterocycles. The predicted molar refractivity (Wildman–Crippen MR) is 83.1 cm³/mol. The fourth-order valence-electron chi connectivity index (χ4n) is 1.87. The van der Waals surface area contributed by atoms with E-state index < -0.39 is 6.04 Å². The molecule has 0 aliphatic heterocycles. The zero-order chi connectivity index (χ0) is 15.2. The molecule has 4 N–H and O–H groups in total. The molecule has 2 rings (SSSR count). The van der Waals surface area contributed by atoms with Gasteiger partial charge in [-0.3, -0.25) is 4.79 Å². The number of nitrogens with one attached hydrogen (secondary N) is 1. The van der Waals surface area contributed by atoms with Crippen molar-refractivity contribution >= 4 is 17.2 Å². The number of phenolic OH excluding ortho intramolecular Hbond substituents is 1. The van der Waals surface area contributed by atoms with Crippen LogP contribution in [0.5, 0.6) is 5.75 Å². The minimum absolute atomic E-state index is 0.198. The predicted octanol–water partition coefficient (Wildman–Crippen LogP) is 1.60. The fraction of sp³-hybridized carbons (Fsp3) is 0.333. The lowest BCUT2D eigenvalue weighted by molar-refractivity contribution is -0.122. The van der Waals surface area contributed by atoms with Gasteiger partial charge in [0.1, 0.15) is 10.8 Å². The Kier molecular flexibility index (Phi) is 5.30. The molecule has 0 aliphatic rings. The van der Waals surface area contributed by atoms with Gasteiger partial charge in [0, 0.05) is 11.1 Å². The average Bonchev–Trinajstić information content (AvgIpc) is 2.95. The van der Waals surface area contributed by atoms with Crippen molar-refractivity contribution in [1.29, 1.82) is 0 Å². The van der Waals surface area contributed by atoms with Crippen LogP contribution in [-0.4, -0.2) is 22.0 Å². The number of nitrogens with two attached hydrogens (primary N) is 1. The Hall–Kier alpha value is -1.92. The van der Waals surface area contributed by atoms with Crippen LogP contribution in [0.1, 0.15) is 22.4 Å². The average molecular weight is 305 g/mol. The summed E-state index contributed by atoms with van der Waals surface area (Å²) in [5.74, 6) is 0.00333. The summed E-state index contributed by atoms with van der Waals surface area (Å²) in [6.45, 7) is 2.48. The number of benzene rings is 1. The number of nitrogens with zero attached hydrogens (tertiary/aromatic N) is 1. The highest BCUT2D eigenvalue weighted by molar-refractivity contribution is 7.11. The lowest BCUT2D eigenvalue weighted by Gasteiger charge is -2.11. The molecule has 1 atom stereocenters. The molecule has 6 heteroatoms. The molecule has 0 fully saturated rings. The highest BCUT2D eigenvalue weighted by Gasteiger charge is 2.14. The zero-order valence-corrected chi connectivity index (χ0v) is 12.7. The van der Waals surface area contributed by atoms with Gasteiger partial charge in [0.05, 0.1) is 12.6 Å². The third kappa shape index (κ3) is 4.54. The van der Waals surface area contributed by atoms with Gasteiger partial charge in [-0.05, 0) is 30.5 Å². The van der Waals surface area contributed by atoms with Crippen molar-refractivity contribution in [1.82, 2.24) is 10.3 Å². The monoisotopic (exact) mass is 305 g/mol. The molecule has 5 nitrogen and oxygen atoms in total. The minimum atomic E-state index is -0.611. The second-order valence-corrected chi connectivity index (χ2v) is 5.97. The maximum absolute atomic E-state index is 12.0. The van der Waals surface area contributed by atoms with E-state index >= 15 is 0 Å². The molecular weight excluding hydrogens is 286 g/mol. The van der Waals surface area contributed by atoms with Crippen molar-refractivity contribution in [3.63, 3.8) is 0 Å². The first-order valence-corrected chi connectivity index (χ1v) is 7.65. The number of carbonyl (C=O) groups excluding carboxylic acids is 1. The highest BCUT2D eigenvalue weighted by Crippen LogP contribution is 2.13. The molecule has 0 unspecified atom stereocenters. The molecule has 2 aromatic rings. The van der Waals surface area contributed by atoms with E-state index in [0.717, 1.165) is 17.0 Å². The Balaban J connectivity index is 1.83. The van der Waals surface area contributed by atoms with Crippen LogP contribution in [0.2, 0.25) is 0 Å². The smallest absolute Gasteiger partial charge is 0.237 e. The SMILES string of the molecule is CCc1cnc(CNC(=O)[C@@H](N)Cc2ccc(O)cc2)s1. The van der Waals surface area contributed by atoms with Crippen molar-refractivity contribution < 1.29 is 9.90 Å². The molecule has 21 heavy (non-hydrogen) atoms. The number of carbonyl (C=O) groups is 1. The van der Waals surface area contributed by atoms with Crippen LogP contribution in [-0.2, 0) is 24.2 Å². The maximum Gasteiger partial charge on any atom is 0.237 e. The molecule has 0 radical (unpaired) electrons. The van der Waals surface area contributed by atoms with Crippen LogP contribution in [0.3, 0.4) is 0 Å². The molecule has 0 saturated heterocycles. The first-order valence-electron chi connectivity index (χ1n) is 6.83. The molecule has 1 aromatic carbocycles. The second-order valence-electron chi connectivity index (χ2n) is 4.77. The number of rotatable bonds is 6. The first-order chi connectivity index (χ1) is 10.1. The molecule has 112 valence electrons. The van der Waals surface area contributed by atoms with Gasteiger partial charge in [-0.1, -0.05) is 19.1 Å². The second kappa shape index (κ2) is 7.19. The fourth-order valence-corrected chi connectivity index (χ4v) is 2.67. The Morgan fingerprint density at radius 3 is 2.76 bits per heavy atom. The van der Waals surface area contributed by atoms with Gasteiger partial charge < -0.3 is 16.2 Å². The summed E-state index contributed by atoms with van der Waals surface area (Å²) in [6, 6.07) is 6.08. The molecule has 1 aromatic heterocycles. The summed E-state index contributed by atoms with van der Waals surface area (Å²) in [7, 11) is 0. The maximum atomic E-state index is 12.0. The van der Waals surface area contributed by atoms with Gasteiger partial charge in [0.25, 0.3) is 0 Å². The number of aryl methyl sites for hydroxylation is 1. The summed E-state index contributed by atoms with van der Waals surface area (Å²) in [6.07, 6.45) is 3.22. The summed E-state index contributed by atoms with van der Waals surface area (Å²) < 4.78 is 0. The van der Waals surface area contributed by atoms with Crippen molar-refractivity contribution in [2.45, 2.75) is 32.4 Å².